The molecule has 2 aliphatic carbocycles. The molecule has 2 saturated carbocycles. The molecule has 0 saturated heterocycles. The molecule has 0 aromatic rings. The number of hydrogen-bond acceptors (Lipinski definition) is 1. The van der Waals surface area contributed by atoms with Crippen molar-refractivity contribution in [1.29, 1.82) is 0 Å². The summed E-state index contributed by atoms with van der Waals surface area (Å²) in [5, 5.41) is 3.70. The standard InChI is InChI=1S/C16H31N/c1-12(2)13-7-6-8-16(9-13)10-14(16)11-17-15(3,4)5/h12-14,17H,6-11H2,1-5H3. The SMILES string of the molecule is CC(C)C1CCCC2(C1)CC2CNC(C)(C)C. The third kappa shape index (κ3) is 3.24. The Kier molecular flexibility index (Phi) is 3.60. The maximum absolute atomic E-state index is 3.70. The lowest BCUT2D eigenvalue weighted by Crippen LogP contribution is -2.38. The van der Waals surface area contributed by atoms with E-state index >= 15 is 0 Å². The Labute approximate surface area is 108 Å². The minimum Gasteiger partial charge on any atom is -0.312 e. The van der Waals surface area contributed by atoms with Crippen LogP contribution in [-0.2, 0) is 0 Å². The monoisotopic (exact) mass is 237 g/mol. The maximum atomic E-state index is 3.70. The van der Waals surface area contributed by atoms with Crippen LogP contribution in [0.5, 0.6) is 0 Å². The molecule has 0 radical (unpaired) electrons. The summed E-state index contributed by atoms with van der Waals surface area (Å²) >= 11 is 0. The van der Waals surface area contributed by atoms with Crippen molar-refractivity contribution in [2.24, 2.45) is 23.2 Å². The first-order valence-electron chi connectivity index (χ1n) is 7.57. The molecule has 17 heavy (non-hydrogen) atoms. The van der Waals surface area contributed by atoms with Gasteiger partial charge < -0.3 is 5.32 Å². The van der Waals surface area contributed by atoms with Crippen LogP contribution in [0.2, 0.25) is 0 Å². The fraction of sp³-hybridized carbons (Fsp3) is 1.00. The Hall–Kier alpha value is -0.0400. The highest BCUT2D eigenvalue weighted by atomic mass is 15.0. The third-order valence-electron chi connectivity index (χ3n) is 5.10. The summed E-state index contributed by atoms with van der Waals surface area (Å²) < 4.78 is 0. The number of rotatable bonds is 3. The van der Waals surface area contributed by atoms with E-state index < -0.39 is 0 Å². The first-order valence-corrected chi connectivity index (χ1v) is 7.57. The lowest BCUT2D eigenvalue weighted by molar-refractivity contribution is 0.183. The molecule has 0 bridgehead atoms. The van der Waals surface area contributed by atoms with E-state index in [4.69, 9.17) is 0 Å². The van der Waals surface area contributed by atoms with E-state index in [1.165, 1.54) is 38.6 Å². The summed E-state index contributed by atoms with van der Waals surface area (Å²) in [7, 11) is 0. The van der Waals surface area contributed by atoms with E-state index in [2.05, 4.69) is 39.9 Å². The number of hydrogen-bond donors (Lipinski definition) is 1. The van der Waals surface area contributed by atoms with Gasteiger partial charge in [-0.05, 0) is 69.7 Å². The summed E-state index contributed by atoms with van der Waals surface area (Å²) in [6, 6.07) is 0. The van der Waals surface area contributed by atoms with Crippen molar-refractivity contribution in [3.63, 3.8) is 0 Å². The van der Waals surface area contributed by atoms with Crippen LogP contribution in [0.4, 0.5) is 0 Å². The summed E-state index contributed by atoms with van der Waals surface area (Å²) in [5.74, 6) is 2.87. The molecule has 0 amide bonds. The molecular weight excluding hydrogens is 206 g/mol. The molecular formula is C16H31N. The molecule has 0 aromatic heterocycles. The molecule has 2 fully saturated rings. The highest BCUT2D eigenvalue weighted by Gasteiger charge is 2.55. The summed E-state index contributed by atoms with van der Waals surface area (Å²) in [5.41, 5.74) is 1.04. The van der Waals surface area contributed by atoms with Gasteiger partial charge in [0, 0.05) is 5.54 Å². The van der Waals surface area contributed by atoms with Crippen molar-refractivity contribution < 1.29 is 0 Å². The van der Waals surface area contributed by atoms with Gasteiger partial charge in [0.05, 0.1) is 0 Å². The molecule has 1 nitrogen and oxygen atoms in total. The zero-order valence-corrected chi connectivity index (χ0v) is 12.5. The summed E-state index contributed by atoms with van der Waals surface area (Å²) in [4.78, 5) is 0. The Morgan fingerprint density at radius 1 is 1.24 bits per heavy atom. The molecule has 0 heterocycles. The quantitative estimate of drug-likeness (QED) is 0.774. The molecule has 1 N–H and O–H groups in total. The molecule has 0 aromatic carbocycles. The third-order valence-corrected chi connectivity index (χ3v) is 5.10. The van der Waals surface area contributed by atoms with Gasteiger partial charge in [0.1, 0.15) is 0 Å². The van der Waals surface area contributed by atoms with E-state index in [1.54, 1.807) is 0 Å². The summed E-state index contributed by atoms with van der Waals surface area (Å²) in [6.07, 6.45) is 7.49. The molecule has 2 aliphatic rings. The molecule has 100 valence electrons. The molecule has 3 atom stereocenters. The first kappa shape index (κ1) is 13.4. The highest BCUT2D eigenvalue weighted by Crippen LogP contribution is 2.63. The van der Waals surface area contributed by atoms with E-state index in [0.29, 0.717) is 0 Å². The van der Waals surface area contributed by atoms with Crippen LogP contribution in [0.3, 0.4) is 0 Å². The predicted molar refractivity (Wildman–Crippen MR) is 75.1 cm³/mol. The van der Waals surface area contributed by atoms with Crippen molar-refractivity contribution in [2.75, 3.05) is 6.54 Å². The zero-order chi connectivity index (χ0) is 12.7. The van der Waals surface area contributed by atoms with Crippen LogP contribution in [0.25, 0.3) is 0 Å². The van der Waals surface area contributed by atoms with Crippen LogP contribution >= 0.6 is 0 Å². The Bertz CT molecular complexity index is 263. The van der Waals surface area contributed by atoms with Crippen LogP contribution < -0.4 is 5.32 Å². The van der Waals surface area contributed by atoms with Crippen LogP contribution in [0, 0.1) is 23.2 Å². The van der Waals surface area contributed by atoms with Crippen molar-refractivity contribution in [3.05, 3.63) is 0 Å². The predicted octanol–water partition coefficient (Wildman–Crippen LogP) is 4.23. The topological polar surface area (TPSA) is 12.0 Å². The lowest BCUT2D eigenvalue weighted by Gasteiger charge is -2.33. The molecule has 0 aliphatic heterocycles. The van der Waals surface area contributed by atoms with Gasteiger partial charge >= 0.3 is 0 Å². The normalized spacial score (nSPS) is 37.8. The van der Waals surface area contributed by atoms with E-state index in [1.807, 2.05) is 0 Å². The van der Waals surface area contributed by atoms with Crippen LogP contribution in [0.15, 0.2) is 0 Å². The fourth-order valence-electron chi connectivity index (χ4n) is 3.72. The van der Waals surface area contributed by atoms with Crippen molar-refractivity contribution >= 4 is 0 Å². The van der Waals surface area contributed by atoms with Gasteiger partial charge in [0.2, 0.25) is 0 Å². The molecule has 3 unspecified atom stereocenters. The fourth-order valence-corrected chi connectivity index (χ4v) is 3.72. The number of nitrogens with one attached hydrogen (secondary N) is 1. The maximum Gasteiger partial charge on any atom is 0.00966 e. The zero-order valence-electron chi connectivity index (χ0n) is 12.5. The van der Waals surface area contributed by atoms with E-state index in [0.717, 1.165) is 23.2 Å². The van der Waals surface area contributed by atoms with Gasteiger partial charge in [0.25, 0.3) is 0 Å². The van der Waals surface area contributed by atoms with Gasteiger partial charge in [-0.3, -0.25) is 0 Å². The van der Waals surface area contributed by atoms with Crippen molar-refractivity contribution in [3.8, 4) is 0 Å². The van der Waals surface area contributed by atoms with Crippen molar-refractivity contribution in [1.82, 2.24) is 5.32 Å². The van der Waals surface area contributed by atoms with Crippen LogP contribution in [-0.4, -0.2) is 12.1 Å². The minimum atomic E-state index is 0.288. The van der Waals surface area contributed by atoms with Crippen molar-refractivity contribution in [2.45, 2.75) is 72.3 Å². The van der Waals surface area contributed by atoms with E-state index in [9.17, 15) is 0 Å². The second-order valence-corrected chi connectivity index (χ2v) is 7.99. The Balaban J connectivity index is 1.83. The lowest BCUT2D eigenvalue weighted by atomic mass is 9.73. The molecule has 1 spiro atoms. The minimum absolute atomic E-state index is 0.288. The second-order valence-electron chi connectivity index (χ2n) is 7.99. The second kappa shape index (κ2) is 4.57. The smallest absolute Gasteiger partial charge is 0.00966 e. The van der Waals surface area contributed by atoms with Gasteiger partial charge in [-0.2, -0.15) is 0 Å². The van der Waals surface area contributed by atoms with Gasteiger partial charge in [-0.25, -0.2) is 0 Å². The average molecular weight is 237 g/mol. The Morgan fingerprint density at radius 3 is 2.53 bits per heavy atom. The van der Waals surface area contributed by atoms with Gasteiger partial charge in [0.15, 0.2) is 0 Å². The van der Waals surface area contributed by atoms with Crippen LogP contribution in [0.1, 0.15) is 66.7 Å². The highest BCUT2D eigenvalue weighted by molar-refractivity contribution is 5.06. The Morgan fingerprint density at radius 2 is 1.94 bits per heavy atom. The average Bonchev–Trinajstić information content (AvgIpc) is 2.87. The van der Waals surface area contributed by atoms with Gasteiger partial charge in [-0.1, -0.05) is 26.7 Å². The van der Waals surface area contributed by atoms with E-state index in [-0.39, 0.29) is 5.54 Å². The van der Waals surface area contributed by atoms with Gasteiger partial charge in [-0.15, -0.1) is 0 Å². The largest absolute Gasteiger partial charge is 0.312 e. The first-order chi connectivity index (χ1) is 7.82. The molecule has 1 heteroatoms. The summed E-state index contributed by atoms with van der Waals surface area (Å²) in [6.45, 7) is 12.9. The molecule has 2 rings (SSSR count).